The van der Waals surface area contributed by atoms with E-state index in [2.05, 4.69) is 133 Å². The second-order valence-electron chi connectivity index (χ2n) is 9.17. The van der Waals surface area contributed by atoms with Crippen LogP contribution in [0, 0.1) is 0 Å². The maximum atomic E-state index is 4.98. The lowest BCUT2D eigenvalue weighted by atomic mass is 9.85. The Morgan fingerprint density at radius 3 is 1.86 bits per heavy atom. The topological polar surface area (TPSA) is 12.9 Å². The molecule has 0 atom stereocenters. The first kappa shape index (κ1) is 20.6. The molecule has 0 saturated carbocycles. The summed E-state index contributed by atoms with van der Waals surface area (Å²) in [6.07, 6.45) is 1.91. The number of aromatic nitrogens is 1. The van der Waals surface area contributed by atoms with E-state index < -0.39 is 0 Å². The molecule has 0 fully saturated rings. The summed E-state index contributed by atoms with van der Waals surface area (Å²) in [4.78, 5) is 4.98. The van der Waals surface area contributed by atoms with E-state index in [-0.39, 0.29) is 0 Å². The van der Waals surface area contributed by atoms with Gasteiger partial charge in [0.1, 0.15) is 0 Å². The van der Waals surface area contributed by atoms with Gasteiger partial charge in [-0.2, -0.15) is 0 Å². The Morgan fingerprint density at radius 2 is 1.03 bits per heavy atom. The van der Waals surface area contributed by atoms with Crippen LogP contribution in [0.3, 0.4) is 0 Å². The summed E-state index contributed by atoms with van der Waals surface area (Å²) in [5, 5.41) is 6.11. The zero-order valence-electron chi connectivity index (χ0n) is 19.7. The predicted molar refractivity (Wildman–Crippen MR) is 153 cm³/mol. The first-order valence-electron chi connectivity index (χ1n) is 12.3. The van der Waals surface area contributed by atoms with E-state index in [0.717, 1.165) is 5.52 Å². The van der Waals surface area contributed by atoms with Crippen molar-refractivity contribution in [2.75, 3.05) is 0 Å². The third kappa shape index (κ3) is 3.29. The van der Waals surface area contributed by atoms with Crippen LogP contribution >= 0.6 is 0 Å². The van der Waals surface area contributed by atoms with Gasteiger partial charge in [0.25, 0.3) is 0 Å². The first-order valence-corrected chi connectivity index (χ1v) is 12.3. The molecule has 0 amide bonds. The summed E-state index contributed by atoms with van der Waals surface area (Å²) in [7, 11) is 0. The Balaban J connectivity index is 1.61. The summed E-state index contributed by atoms with van der Waals surface area (Å²) in [5.74, 6) is 0. The largest absolute Gasteiger partial charge is 0.256 e. The lowest BCUT2D eigenvalue weighted by molar-refractivity contribution is 1.42. The van der Waals surface area contributed by atoms with Crippen molar-refractivity contribution < 1.29 is 0 Å². The fourth-order valence-electron chi connectivity index (χ4n) is 5.50. The Hall–Kier alpha value is -4.75. The normalized spacial score (nSPS) is 11.3. The molecule has 0 unspecified atom stereocenters. The van der Waals surface area contributed by atoms with E-state index in [4.69, 9.17) is 4.98 Å². The first-order chi connectivity index (χ1) is 17.9. The number of benzene rings is 6. The van der Waals surface area contributed by atoms with Crippen molar-refractivity contribution in [3.8, 4) is 33.4 Å². The van der Waals surface area contributed by atoms with Gasteiger partial charge in [-0.1, -0.05) is 121 Å². The molecule has 7 aromatic rings. The standard InChI is InChI=1S/C35H23N/c1-2-12-25(13-3-1)28-15-6-7-16-29(28)34-31-18-9-8-17-30(31)33(35-32(34)19-10-22-36-35)27-21-20-24-11-4-5-14-26(24)23-27/h1-23H. The Morgan fingerprint density at radius 1 is 0.389 bits per heavy atom. The van der Waals surface area contributed by atoms with E-state index in [1.165, 1.54) is 60.3 Å². The summed E-state index contributed by atoms with van der Waals surface area (Å²) in [6, 6.07) is 47.7. The molecule has 6 aromatic carbocycles. The zero-order valence-corrected chi connectivity index (χ0v) is 19.7. The summed E-state index contributed by atoms with van der Waals surface area (Å²) >= 11 is 0. The lowest BCUT2D eigenvalue weighted by Gasteiger charge is -2.19. The average molecular weight is 458 g/mol. The third-order valence-corrected chi connectivity index (χ3v) is 7.10. The van der Waals surface area contributed by atoms with Crippen LogP contribution in [0.25, 0.3) is 65.8 Å². The number of hydrogen-bond donors (Lipinski definition) is 0. The highest BCUT2D eigenvalue weighted by atomic mass is 14.7. The molecule has 36 heavy (non-hydrogen) atoms. The van der Waals surface area contributed by atoms with Crippen molar-refractivity contribution in [2.45, 2.75) is 0 Å². The molecule has 0 aliphatic heterocycles. The van der Waals surface area contributed by atoms with Crippen molar-refractivity contribution in [2.24, 2.45) is 0 Å². The van der Waals surface area contributed by atoms with E-state index >= 15 is 0 Å². The van der Waals surface area contributed by atoms with Crippen LogP contribution < -0.4 is 0 Å². The Bertz CT molecular complexity index is 1830. The van der Waals surface area contributed by atoms with Crippen molar-refractivity contribution in [3.05, 3.63) is 140 Å². The molecule has 0 N–H and O–H groups in total. The summed E-state index contributed by atoms with van der Waals surface area (Å²) < 4.78 is 0. The monoisotopic (exact) mass is 457 g/mol. The minimum atomic E-state index is 1.03. The van der Waals surface area contributed by atoms with Crippen LogP contribution in [-0.4, -0.2) is 4.98 Å². The van der Waals surface area contributed by atoms with Gasteiger partial charge in [0.15, 0.2) is 0 Å². The predicted octanol–water partition coefficient (Wildman–Crippen LogP) is 9.54. The highest BCUT2D eigenvalue weighted by Gasteiger charge is 2.19. The molecule has 0 radical (unpaired) electrons. The van der Waals surface area contributed by atoms with Gasteiger partial charge in [-0.25, -0.2) is 0 Å². The van der Waals surface area contributed by atoms with Gasteiger partial charge in [0.2, 0.25) is 0 Å². The lowest BCUT2D eigenvalue weighted by Crippen LogP contribution is -1.94. The second-order valence-corrected chi connectivity index (χ2v) is 9.17. The molecule has 7 rings (SSSR count). The molecule has 0 spiro atoms. The molecular formula is C35H23N. The van der Waals surface area contributed by atoms with Crippen LogP contribution in [0.1, 0.15) is 0 Å². The van der Waals surface area contributed by atoms with Gasteiger partial charge in [-0.15, -0.1) is 0 Å². The van der Waals surface area contributed by atoms with Gasteiger partial charge in [0, 0.05) is 17.1 Å². The van der Waals surface area contributed by atoms with Crippen LogP contribution in [0.2, 0.25) is 0 Å². The number of rotatable bonds is 3. The van der Waals surface area contributed by atoms with Crippen LogP contribution in [0.5, 0.6) is 0 Å². The van der Waals surface area contributed by atoms with Crippen LogP contribution in [0.4, 0.5) is 0 Å². The van der Waals surface area contributed by atoms with E-state index in [1.54, 1.807) is 0 Å². The van der Waals surface area contributed by atoms with E-state index in [1.807, 2.05) is 6.20 Å². The van der Waals surface area contributed by atoms with Crippen LogP contribution in [-0.2, 0) is 0 Å². The minimum Gasteiger partial charge on any atom is -0.256 e. The fraction of sp³-hybridized carbons (Fsp3) is 0. The molecule has 1 heteroatoms. The number of hydrogen-bond acceptors (Lipinski definition) is 1. The molecule has 1 aromatic heterocycles. The fourth-order valence-corrected chi connectivity index (χ4v) is 5.50. The van der Waals surface area contributed by atoms with Crippen molar-refractivity contribution >= 4 is 32.4 Å². The summed E-state index contributed by atoms with van der Waals surface area (Å²) in [5.41, 5.74) is 8.31. The molecule has 1 heterocycles. The SMILES string of the molecule is c1ccc(-c2ccccc2-c2c3ccccc3c(-c3ccc4ccccc4c3)c3ncccc23)cc1. The minimum absolute atomic E-state index is 1.03. The van der Waals surface area contributed by atoms with E-state index in [0.29, 0.717) is 0 Å². The molecule has 168 valence electrons. The zero-order chi connectivity index (χ0) is 23.9. The third-order valence-electron chi connectivity index (χ3n) is 7.10. The van der Waals surface area contributed by atoms with Gasteiger partial charge in [-0.3, -0.25) is 4.98 Å². The smallest absolute Gasteiger partial charge is 0.0792 e. The molecular weight excluding hydrogens is 434 g/mol. The van der Waals surface area contributed by atoms with Gasteiger partial charge < -0.3 is 0 Å². The second kappa shape index (κ2) is 8.48. The van der Waals surface area contributed by atoms with E-state index in [9.17, 15) is 0 Å². The Labute approximate surface area is 210 Å². The summed E-state index contributed by atoms with van der Waals surface area (Å²) in [6.45, 7) is 0. The number of nitrogens with zero attached hydrogens (tertiary/aromatic N) is 1. The highest BCUT2D eigenvalue weighted by molar-refractivity contribution is 6.21. The molecule has 0 aliphatic carbocycles. The van der Waals surface area contributed by atoms with Crippen molar-refractivity contribution in [1.29, 1.82) is 0 Å². The van der Waals surface area contributed by atoms with Gasteiger partial charge >= 0.3 is 0 Å². The number of fused-ring (bicyclic) bond motifs is 3. The molecule has 0 aliphatic rings. The molecule has 0 bridgehead atoms. The Kier molecular flexibility index (Phi) is 4.85. The number of pyridine rings is 1. The average Bonchev–Trinajstić information content (AvgIpc) is 2.96. The van der Waals surface area contributed by atoms with Crippen molar-refractivity contribution in [1.82, 2.24) is 4.98 Å². The van der Waals surface area contributed by atoms with Gasteiger partial charge in [0.05, 0.1) is 5.52 Å². The van der Waals surface area contributed by atoms with Crippen LogP contribution in [0.15, 0.2) is 140 Å². The maximum absolute atomic E-state index is 4.98. The maximum Gasteiger partial charge on any atom is 0.0792 e. The molecule has 1 nitrogen and oxygen atoms in total. The molecule has 0 saturated heterocycles. The highest BCUT2D eigenvalue weighted by Crippen LogP contribution is 2.45. The van der Waals surface area contributed by atoms with Gasteiger partial charge in [-0.05, 0) is 61.5 Å². The van der Waals surface area contributed by atoms with Crippen molar-refractivity contribution in [3.63, 3.8) is 0 Å². The quantitative estimate of drug-likeness (QED) is 0.241.